The van der Waals surface area contributed by atoms with Crippen LogP contribution in [0.5, 0.6) is 0 Å². The smallest absolute Gasteiger partial charge is 0.277 e. The van der Waals surface area contributed by atoms with Gasteiger partial charge in [0, 0.05) is 0 Å². The second-order valence-electron chi connectivity index (χ2n) is 4.58. The second-order valence-corrected chi connectivity index (χ2v) is 6.74. The molecule has 0 aliphatic heterocycles. The zero-order valence-electron chi connectivity index (χ0n) is 12.2. The van der Waals surface area contributed by atoms with Crippen molar-refractivity contribution in [1.82, 2.24) is 25.2 Å². The molecule has 6 nitrogen and oxygen atoms in total. The topological polar surface area (TPSA) is 69.6 Å². The summed E-state index contributed by atoms with van der Waals surface area (Å²) in [5, 5.41) is 17.1. The summed E-state index contributed by atoms with van der Waals surface area (Å²) in [6.45, 7) is 2.04. The summed E-state index contributed by atoms with van der Waals surface area (Å²) in [7, 11) is 0. The van der Waals surface area contributed by atoms with E-state index in [0.29, 0.717) is 11.1 Å². The number of thioether (sulfide) groups is 2. The third-order valence-corrected chi connectivity index (χ3v) is 4.44. The van der Waals surface area contributed by atoms with Crippen LogP contribution < -0.4 is 0 Å². The lowest BCUT2D eigenvalue weighted by molar-refractivity contribution is 0.426. The van der Waals surface area contributed by atoms with Gasteiger partial charge in [0.1, 0.15) is 0 Å². The lowest BCUT2D eigenvalue weighted by atomic mass is 10.3. The molecule has 0 fully saturated rings. The molecule has 3 aromatic rings. The normalized spacial score (nSPS) is 12.5. The van der Waals surface area contributed by atoms with Crippen molar-refractivity contribution < 1.29 is 4.42 Å². The lowest BCUT2D eigenvalue weighted by Crippen LogP contribution is -1.93. The third kappa shape index (κ3) is 3.50. The molecule has 0 N–H and O–H groups in total. The average molecular weight is 333 g/mol. The Hall–Kier alpha value is -1.80. The Labute approximate surface area is 136 Å². The first-order valence-corrected chi connectivity index (χ1v) is 8.99. The molecule has 0 aliphatic carbocycles. The van der Waals surface area contributed by atoms with Gasteiger partial charge in [-0.05, 0) is 25.3 Å². The van der Waals surface area contributed by atoms with Crippen LogP contribution in [0.25, 0.3) is 5.69 Å². The fourth-order valence-corrected chi connectivity index (χ4v) is 2.98. The molecular formula is C14H15N5OS2. The van der Waals surface area contributed by atoms with Crippen molar-refractivity contribution in [2.24, 2.45) is 0 Å². The number of hydrogen-bond acceptors (Lipinski definition) is 7. The van der Waals surface area contributed by atoms with E-state index in [9.17, 15) is 0 Å². The summed E-state index contributed by atoms with van der Waals surface area (Å²) >= 11 is 3.14. The predicted molar refractivity (Wildman–Crippen MR) is 87.1 cm³/mol. The number of hydrogen-bond donors (Lipinski definition) is 0. The van der Waals surface area contributed by atoms with Gasteiger partial charge in [-0.3, -0.25) is 0 Å². The summed E-state index contributed by atoms with van der Waals surface area (Å²) in [4.78, 5) is 0. The molecule has 0 aliphatic rings. The number of benzene rings is 1. The summed E-state index contributed by atoms with van der Waals surface area (Å²) in [5.74, 6) is 1.38. The van der Waals surface area contributed by atoms with Crippen LogP contribution in [0.3, 0.4) is 0 Å². The van der Waals surface area contributed by atoms with Crippen LogP contribution in [0.4, 0.5) is 0 Å². The van der Waals surface area contributed by atoms with Gasteiger partial charge in [-0.25, -0.2) is 4.68 Å². The Morgan fingerprint density at radius 1 is 1.18 bits per heavy atom. The van der Waals surface area contributed by atoms with Gasteiger partial charge in [0.15, 0.2) is 0 Å². The first-order valence-electron chi connectivity index (χ1n) is 6.72. The summed E-state index contributed by atoms with van der Waals surface area (Å²) in [5.41, 5.74) is 1.86. The van der Waals surface area contributed by atoms with Gasteiger partial charge in [0.25, 0.3) is 5.22 Å². The summed E-state index contributed by atoms with van der Waals surface area (Å²) in [6, 6.07) is 9.90. The Kier molecular flexibility index (Phi) is 4.79. The maximum Gasteiger partial charge on any atom is 0.277 e. The summed E-state index contributed by atoms with van der Waals surface area (Å²) < 4.78 is 7.34. The van der Waals surface area contributed by atoms with E-state index in [1.54, 1.807) is 16.4 Å². The van der Waals surface area contributed by atoms with Gasteiger partial charge in [-0.15, -0.1) is 15.3 Å². The maximum atomic E-state index is 5.57. The Morgan fingerprint density at radius 2 is 2.00 bits per heavy atom. The molecule has 8 heteroatoms. The molecule has 3 rings (SSSR count). The number of para-hydroxylation sites is 1. The van der Waals surface area contributed by atoms with E-state index in [1.165, 1.54) is 11.8 Å². The van der Waals surface area contributed by atoms with Gasteiger partial charge < -0.3 is 4.42 Å². The Balaban J connectivity index is 1.70. The highest BCUT2D eigenvalue weighted by atomic mass is 32.2. The third-order valence-electron chi connectivity index (χ3n) is 2.94. The largest absolute Gasteiger partial charge is 0.415 e. The van der Waals surface area contributed by atoms with Gasteiger partial charge in [-0.2, -0.15) is 11.8 Å². The molecule has 2 heterocycles. The van der Waals surface area contributed by atoms with E-state index >= 15 is 0 Å². The van der Waals surface area contributed by atoms with Gasteiger partial charge in [-0.1, -0.05) is 35.2 Å². The Bertz CT molecular complexity index is 728. The van der Waals surface area contributed by atoms with Crippen LogP contribution in [0.1, 0.15) is 23.8 Å². The zero-order chi connectivity index (χ0) is 15.4. The molecule has 0 bridgehead atoms. The predicted octanol–water partition coefficient (Wildman–Crippen LogP) is 3.37. The van der Waals surface area contributed by atoms with E-state index < -0.39 is 0 Å². The highest BCUT2D eigenvalue weighted by Gasteiger charge is 2.16. The van der Waals surface area contributed by atoms with Crippen molar-refractivity contribution in [3.8, 4) is 5.69 Å². The molecule has 0 amide bonds. The zero-order valence-corrected chi connectivity index (χ0v) is 13.8. The van der Waals surface area contributed by atoms with Crippen molar-refractivity contribution in [1.29, 1.82) is 0 Å². The van der Waals surface area contributed by atoms with Crippen molar-refractivity contribution in [2.45, 2.75) is 23.1 Å². The van der Waals surface area contributed by atoms with Crippen LogP contribution >= 0.6 is 23.5 Å². The minimum absolute atomic E-state index is 0.0834. The number of nitrogens with zero attached hydrogens (tertiary/aromatic N) is 5. The van der Waals surface area contributed by atoms with E-state index in [-0.39, 0.29) is 5.25 Å². The number of aromatic nitrogens is 5. The molecule has 0 radical (unpaired) electrons. The first kappa shape index (κ1) is 15.1. The molecule has 0 spiro atoms. The molecule has 1 aromatic carbocycles. The highest BCUT2D eigenvalue weighted by molar-refractivity contribution is 7.99. The average Bonchev–Trinajstić information content (AvgIpc) is 3.18. The monoisotopic (exact) mass is 333 g/mol. The van der Waals surface area contributed by atoms with Crippen molar-refractivity contribution in [3.63, 3.8) is 0 Å². The van der Waals surface area contributed by atoms with E-state index in [2.05, 4.69) is 20.5 Å². The van der Waals surface area contributed by atoms with Crippen LogP contribution in [-0.2, 0) is 5.75 Å². The fraction of sp³-hybridized carbons (Fsp3) is 0.286. The van der Waals surface area contributed by atoms with E-state index in [0.717, 1.165) is 17.1 Å². The van der Waals surface area contributed by atoms with Gasteiger partial charge in [0.2, 0.25) is 5.89 Å². The number of rotatable bonds is 6. The SMILES string of the molecule is CSCc1nnc(S[C@@H](C)c2cn(-c3ccccc3)nn2)o1. The van der Waals surface area contributed by atoms with E-state index in [1.807, 2.05) is 49.7 Å². The maximum absolute atomic E-state index is 5.57. The standard InChI is InChI=1S/C14H15N5OS2/c1-10(22-14-17-16-13(20-14)9-21-2)12-8-19(18-15-12)11-6-4-3-5-7-11/h3-8,10H,9H2,1-2H3/t10-/m0/s1. The van der Waals surface area contributed by atoms with E-state index in [4.69, 9.17) is 4.42 Å². The quantitative estimate of drug-likeness (QED) is 0.641. The molecule has 0 saturated carbocycles. The van der Waals surface area contributed by atoms with Gasteiger partial charge >= 0.3 is 0 Å². The minimum Gasteiger partial charge on any atom is -0.415 e. The first-order chi connectivity index (χ1) is 10.8. The lowest BCUT2D eigenvalue weighted by Gasteiger charge is -2.03. The molecule has 0 saturated heterocycles. The molecule has 114 valence electrons. The molecule has 22 heavy (non-hydrogen) atoms. The van der Waals surface area contributed by atoms with Crippen molar-refractivity contribution in [2.75, 3.05) is 6.26 Å². The summed E-state index contributed by atoms with van der Waals surface area (Å²) in [6.07, 6.45) is 3.92. The van der Waals surface area contributed by atoms with Crippen LogP contribution in [-0.4, -0.2) is 31.4 Å². The van der Waals surface area contributed by atoms with Crippen LogP contribution in [0.15, 0.2) is 46.2 Å². The van der Waals surface area contributed by atoms with Gasteiger partial charge in [0.05, 0.1) is 28.6 Å². The highest BCUT2D eigenvalue weighted by Crippen LogP contribution is 2.33. The molecule has 0 unspecified atom stereocenters. The van der Waals surface area contributed by atoms with Crippen molar-refractivity contribution >= 4 is 23.5 Å². The van der Waals surface area contributed by atoms with Crippen LogP contribution in [0, 0.1) is 0 Å². The minimum atomic E-state index is 0.0834. The molecular weight excluding hydrogens is 318 g/mol. The second kappa shape index (κ2) is 6.97. The van der Waals surface area contributed by atoms with Crippen molar-refractivity contribution in [3.05, 3.63) is 48.1 Å². The fourth-order valence-electron chi connectivity index (χ4n) is 1.85. The molecule has 2 aromatic heterocycles. The molecule has 1 atom stereocenters. The Morgan fingerprint density at radius 3 is 2.77 bits per heavy atom. The van der Waals surface area contributed by atoms with Crippen LogP contribution in [0.2, 0.25) is 0 Å².